The summed E-state index contributed by atoms with van der Waals surface area (Å²) in [5, 5.41) is 8.59. The fraction of sp³-hybridized carbons (Fsp3) is 0.200. The summed E-state index contributed by atoms with van der Waals surface area (Å²) in [7, 11) is 1.50. The Balaban J connectivity index is 2.15. The van der Waals surface area contributed by atoms with Gasteiger partial charge in [0.25, 0.3) is 5.91 Å². The molecule has 2 rings (SSSR count). The summed E-state index contributed by atoms with van der Waals surface area (Å²) in [6, 6.07) is 12.8. The van der Waals surface area contributed by atoms with Crippen molar-refractivity contribution in [2.24, 2.45) is 0 Å². The molecule has 0 heterocycles. The third-order valence-electron chi connectivity index (χ3n) is 3.62. The van der Waals surface area contributed by atoms with Gasteiger partial charge in [0, 0.05) is 18.3 Å². The van der Waals surface area contributed by atoms with E-state index in [4.69, 9.17) is 14.7 Å². The lowest BCUT2D eigenvalue weighted by atomic mass is 10.2. The van der Waals surface area contributed by atoms with Gasteiger partial charge in [-0.15, -0.1) is 0 Å². The predicted molar refractivity (Wildman–Crippen MR) is 97.6 cm³/mol. The highest BCUT2D eigenvalue weighted by Gasteiger charge is 2.11. The molecule has 0 aliphatic rings. The van der Waals surface area contributed by atoms with Crippen molar-refractivity contribution in [2.75, 3.05) is 25.2 Å². The molecule has 0 radical (unpaired) electrons. The van der Waals surface area contributed by atoms with Gasteiger partial charge >= 0.3 is 0 Å². The molecule has 2 aromatic carbocycles. The van der Waals surface area contributed by atoms with Gasteiger partial charge in [-0.05, 0) is 55.0 Å². The number of likely N-dealkylation sites (N-methyl/N-ethyl adjacent to an activating group) is 1. The molecule has 26 heavy (non-hydrogen) atoms. The number of carbonyl (C=O) groups excluding carboxylic acids is 1. The zero-order chi connectivity index (χ0) is 18.9. The molecule has 0 aliphatic carbocycles. The van der Waals surface area contributed by atoms with Crippen LogP contribution >= 0.6 is 0 Å². The predicted octanol–water partition coefficient (Wildman–Crippen LogP) is 3.80. The normalized spacial score (nSPS) is 10.4. The lowest BCUT2D eigenvalue weighted by Crippen LogP contribution is -2.28. The first-order chi connectivity index (χ1) is 12.6. The third kappa shape index (κ3) is 4.84. The van der Waals surface area contributed by atoms with E-state index < -0.39 is 0 Å². The molecule has 0 bridgehead atoms. The summed E-state index contributed by atoms with van der Waals surface area (Å²) in [5.41, 5.74) is 1.37. The average molecular weight is 354 g/mol. The van der Waals surface area contributed by atoms with E-state index in [1.54, 1.807) is 36.4 Å². The number of nitrogens with zero attached hydrogens (tertiary/aromatic N) is 2. The lowest BCUT2D eigenvalue weighted by molar-refractivity contribution is -0.114. The molecule has 5 nitrogen and oxygen atoms in total. The molecule has 0 aromatic heterocycles. The van der Waals surface area contributed by atoms with Crippen molar-refractivity contribution >= 4 is 17.7 Å². The molecule has 0 aliphatic heterocycles. The van der Waals surface area contributed by atoms with E-state index in [2.05, 4.69) is 0 Å². The average Bonchev–Trinajstić information content (AvgIpc) is 2.67. The highest BCUT2D eigenvalue weighted by molar-refractivity contribution is 6.03. The Morgan fingerprint density at radius 1 is 1.23 bits per heavy atom. The van der Waals surface area contributed by atoms with E-state index >= 15 is 0 Å². The second-order valence-corrected chi connectivity index (χ2v) is 5.25. The molecule has 2 aromatic rings. The fourth-order valence-electron chi connectivity index (χ4n) is 2.36. The van der Waals surface area contributed by atoms with Crippen LogP contribution in [0.4, 0.5) is 10.1 Å². The summed E-state index contributed by atoms with van der Waals surface area (Å²) in [5.74, 6) is 0.362. The van der Waals surface area contributed by atoms with Crippen LogP contribution in [0.3, 0.4) is 0 Å². The van der Waals surface area contributed by atoms with Gasteiger partial charge in [-0.1, -0.05) is 6.07 Å². The van der Waals surface area contributed by atoms with Crippen molar-refractivity contribution in [2.45, 2.75) is 6.92 Å². The van der Waals surface area contributed by atoms with Gasteiger partial charge in [-0.2, -0.15) is 5.26 Å². The third-order valence-corrected chi connectivity index (χ3v) is 3.62. The number of anilines is 1. The van der Waals surface area contributed by atoms with Gasteiger partial charge < -0.3 is 14.4 Å². The zero-order valence-electron chi connectivity index (χ0n) is 14.6. The van der Waals surface area contributed by atoms with Crippen LogP contribution in [-0.4, -0.2) is 26.2 Å². The van der Waals surface area contributed by atoms with Crippen LogP contribution in [0.15, 0.2) is 48.5 Å². The smallest absolute Gasteiger partial charge is 0.250 e. The molecular formula is C20H19FN2O3. The Labute approximate surface area is 151 Å². The number of carbonyl (C=O) groups is 1. The summed E-state index contributed by atoms with van der Waals surface area (Å²) in [6.45, 7) is 2.23. The topological polar surface area (TPSA) is 62.6 Å². The molecule has 0 N–H and O–H groups in total. The SMILES string of the molecule is CCN(C(=O)/C=C/c1ccc(OCC#N)c(OC)c1)c1ccc(F)cc1. The van der Waals surface area contributed by atoms with Gasteiger partial charge in [-0.25, -0.2) is 4.39 Å². The van der Waals surface area contributed by atoms with Crippen LogP contribution in [0.25, 0.3) is 6.08 Å². The number of nitriles is 1. The summed E-state index contributed by atoms with van der Waals surface area (Å²) >= 11 is 0. The maximum Gasteiger partial charge on any atom is 0.250 e. The van der Waals surface area contributed by atoms with Crippen LogP contribution in [0.5, 0.6) is 11.5 Å². The highest BCUT2D eigenvalue weighted by atomic mass is 19.1. The number of benzene rings is 2. The molecule has 0 spiro atoms. The molecule has 134 valence electrons. The minimum Gasteiger partial charge on any atom is -0.493 e. The Hall–Kier alpha value is -3.33. The van der Waals surface area contributed by atoms with E-state index in [-0.39, 0.29) is 18.3 Å². The second-order valence-electron chi connectivity index (χ2n) is 5.25. The number of rotatable bonds is 7. The van der Waals surface area contributed by atoms with E-state index in [0.717, 1.165) is 5.56 Å². The second kappa shape index (κ2) is 9.23. The Morgan fingerprint density at radius 3 is 2.58 bits per heavy atom. The number of methoxy groups -OCH3 is 1. The number of hydrogen-bond acceptors (Lipinski definition) is 4. The van der Waals surface area contributed by atoms with Gasteiger partial charge in [0.2, 0.25) is 0 Å². The fourth-order valence-corrected chi connectivity index (χ4v) is 2.36. The Kier molecular flexibility index (Phi) is 6.75. The van der Waals surface area contributed by atoms with Crippen LogP contribution < -0.4 is 14.4 Å². The quantitative estimate of drug-likeness (QED) is 0.710. The van der Waals surface area contributed by atoms with Crippen LogP contribution in [-0.2, 0) is 4.79 Å². The van der Waals surface area contributed by atoms with Crippen LogP contribution in [0.2, 0.25) is 0 Å². The standard InChI is InChI=1S/C20H19FN2O3/c1-3-23(17-8-6-16(21)7-9-17)20(24)11-5-15-4-10-18(26-13-12-22)19(14-15)25-2/h4-11,14H,3,13H2,1-2H3/b11-5+. The summed E-state index contributed by atoms with van der Waals surface area (Å²) in [4.78, 5) is 14.0. The lowest BCUT2D eigenvalue weighted by Gasteiger charge is -2.19. The Bertz CT molecular complexity index is 826. The van der Waals surface area contributed by atoms with E-state index in [1.165, 1.54) is 30.2 Å². The summed E-state index contributed by atoms with van der Waals surface area (Å²) in [6.07, 6.45) is 3.10. The molecule has 0 saturated heterocycles. The number of ether oxygens (including phenoxy) is 2. The van der Waals surface area contributed by atoms with Gasteiger partial charge in [0.1, 0.15) is 11.9 Å². The van der Waals surface area contributed by atoms with Gasteiger partial charge in [0.15, 0.2) is 18.1 Å². The van der Waals surface area contributed by atoms with E-state index in [0.29, 0.717) is 23.7 Å². The minimum atomic E-state index is -0.349. The molecule has 0 atom stereocenters. The molecule has 0 unspecified atom stereocenters. The van der Waals surface area contributed by atoms with E-state index in [9.17, 15) is 9.18 Å². The summed E-state index contributed by atoms with van der Waals surface area (Å²) < 4.78 is 23.6. The first-order valence-corrected chi connectivity index (χ1v) is 8.02. The van der Waals surface area contributed by atoms with E-state index in [1.807, 2.05) is 13.0 Å². The van der Waals surface area contributed by atoms with Crippen molar-refractivity contribution in [3.05, 3.63) is 59.9 Å². The maximum absolute atomic E-state index is 13.0. The molecule has 0 saturated carbocycles. The minimum absolute atomic E-state index is 0.0762. The molecule has 0 fully saturated rings. The zero-order valence-corrected chi connectivity index (χ0v) is 14.6. The van der Waals surface area contributed by atoms with Crippen molar-refractivity contribution in [3.8, 4) is 17.6 Å². The molecule has 1 amide bonds. The molecule has 6 heteroatoms. The number of halogens is 1. The highest BCUT2D eigenvalue weighted by Crippen LogP contribution is 2.28. The number of hydrogen-bond donors (Lipinski definition) is 0. The van der Waals surface area contributed by atoms with Crippen molar-refractivity contribution < 1.29 is 18.7 Å². The maximum atomic E-state index is 13.0. The largest absolute Gasteiger partial charge is 0.493 e. The van der Waals surface area contributed by atoms with Gasteiger partial charge in [0.05, 0.1) is 7.11 Å². The Morgan fingerprint density at radius 2 is 1.96 bits per heavy atom. The van der Waals surface area contributed by atoms with Crippen molar-refractivity contribution in [1.29, 1.82) is 5.26 Å². The van der Waals surface area contributed by atoms with Gasteiger partial charge in [-0.3, -0.25) is 4.79 Å². The monoisotopic (exact) mass is 354 g/mol. The molecular weight excluding hydrogens is 335 g/mol. The van der Waals surface area contributed by atoms with Crippen molar-refractivity contribution in [3.63, 3.8) is 0 Å². The van der Waals surface area contributed by atoms with Crippen molar-refractivity contribution in [1.82, 2.24) is 0 Å². The van der Waals surface area contributed by atoms with Crippen LogP contribution in [0.1, 0.15) is 12.5 Å². The van der Waals surface area contributed by atoms with Crippen LogP contribution in [0, 0.1) is 17.1 Å². The first kappa shape index (κ1) is 19.0. The number of amides is 1. The first-order valence-electron chi connectivity index (χ1n) is 8.02.